The summed E-state index contributed by atoms with van der Waals surface area (Å²) < 4.78 is 1.53. The molecule has 4 heterocycles. The SMILES string of the molecule is N#Cc1cc2c(=O)n(Cc3cn[nH]c3-c3cccs3)ccc2[nH]c1=O. The Labute approximate surface area is 144 Å². The first-order valence-electron chi connectivity index (χ1n) is 7.40. The van der Waals surface area contributed by atoms with Gasteiger partial charge in [-0.3, -0.25) is 14.7 Å². The van der Waals surface area contributed by atoms with E-state index in [1.165, 1.54) is 10.6 Å². The average Bonchev–Trinajstić information content (AvgIpc) is 3.28. The van der Waals surface area contributed by atoms with E-state index in [0.717, 1.165) is 16.1 Å². The van der Waals surface area contributed by atoms with Crippen molar-refractivity contribution in [2.45, 2.75) is 6.54 Å². The normalized spacial score (nSPS) is 10.8. The Morgan fingerprint density at radius 3 is 2.96 bits per heavy atom. The third-order valence-corrected chi connectivity index (χ3v) is 4.82. The monoisotopic (exact) mass is 349 g/mol. The number of nitrogens with zero attached hydrogens (tertiary/aromatic N) is 3. The molecule has 4 aromatic heterocycles. The fourth-order valence-electron chi connectivity index (χ4n) is 2.70. The van der Waals surface area contributed by atoms with Crippen LogP contribution in [0.3, 0.4) is 0 Å². The highest BCUT2D eigenvalue weighted by Gasteiger charge is 2.12. The molecule has 0 saturated carbocycles. The Hall–Kier alpha value is -3.44. The average molecular weight is 349 g/mol. The number of aromatic amines is 2. The maximum atomic E-state index is 12.7. The van der Waals surface area contributed by atoms with E-state index in [4.69, 9.17) is 5.26 Å². The highest BCUT2D eigenvalue weighted by molar-refractivity contribution is 7.13. The lowest BCUT2D eigenvalue weighted by Crippen LogP contribution is -2.22. The number of nitriles is 1. The smallest absolute Gasteiger partial charge is 0.266 e. The van der Waals surface area contributed by atoms with Crippen LogP contribution in [0.15, 0.2) is 51.6 Å². The van der Waals surface area contributed by atoms with Gasteiger partial charge in [0.1, 0.15) is 11.6 Å². The Kier molecular flexibility index (Phi) is 3.56. The largest absolute Gasteiger partial charge is 0.321 e. The molecule has 0 aromatic carbocycles. The summed E-state index contributed by atoms with van der Waals surface area (Å²) in [5, 5.41) is 18.3. The maximum Gasteiger partial charge on any atom is 0.266 e. The summed E-state index contributed by atoms with van der Waals surface area (Å²) in [5.74, 6) is 0. The van der Waals surface area contributed by atoms with Gasteiger partial charge in [0.25, 0.3) is 11.1 Å². The summed E-state index contributed by atoms with van der Waals surface area (Å²) in [4.78, 5) is 28.0. The van der Waals surface area contributed by atoms with Gasteiger partial charge in [-0.1, -0.05) is 6.07 Å². The molecule has 0 saturated heterocycles. The first-order chi connectivity index (χ1) is 12.2. The third kappa shape index (κ3) is 2.56. The zero-order chi connectivity index (χ0) is 17.4. The van der Waals surface area contributed by atoms with E-state index >= 15 is 0 Å². The van der Waals surface area contributed by atoms with Crippen molar-refractivity contribution in [3.8, 4) is 16.6 Å². The molecule has 2 N–H and O–H groups in total. The highest BCUT2D eigenvalue weighted by atomic mass is 32.1. The first kappa shape index (κ1) is 15.1. The standard InChI is InChI=1S/C17H11N5O2S/c18-7-10-6-12-13(20-16(10)23)3-4-22(17(12)24)9-11-8-19-21-15(11)14-2-1-5-25-14/h1-6,8H,9H2,(H,19,21)(H,20,23). The van der Waals surface area contributed by atoms with Gasteiger partial charge in [-0.2, -0.15) is 10.4 Å². The second kappa shape index (κ2) is 5.89. The fourth-order valence-corrected chi connectivity index (χ4v) is 3.45. The molecule has 0 spiro atoms. The molecular weight excluding hydrogens is 338 g/mol. The number of pyridine rings is 2. The lowest BCUT2D eigenvalue weighted by atomic mass is 10.2. The molecule has 4 rings (SSSR count). The molecule has 122 valence electrons. The molecule has 0 atom stereocenters. The van der Waals surface area contributed by atoms with Crippen molar-refractivity contribution in [1.29, 1.82) is 5.26 Å². The molecule has 0 bridgehead atoms. The molecule has 0 amide bonds. The molecule has 0 fully saturated rings. The fraction of sp³-hybridized carbons (Fsp3) is 0.0588. The molecule has 4 aromatic rings. The van der Waals surface area contributed by atoms with Gasteiger partial charge < -0.3 is 9.55 Å². The van der Waals surface area contributed by atoms with Crippen LogP contribution in [0.5, 0.6) is 0 Å². The number of hydrogen-bond acceptors (Lipinski definition) is 5. The van der Waals surface area contributed by atoms with Gasteiger partial charge in [-0.25, -0.2) is 0 Å². The van der Waals surface area contributed by atoms with E-state index in [1.54, 1.807) is 35.9 Å². The van der Waals surface area contributed by atoms with Crippen molar-refractivity contribution in [3.05, 3.63) is 73.9 Å². The van der Waals surface area contributed by atoms with Gasteiger partial charge in [0.15, 0.2) is 0 Å². The predicted octanol–water partition coefficient (Wildman–Crippen LogP) is 2.06. The summed E-state index contributed by atoms with van der Waals surface area (Å²) in [5.41, 5.74) is 1.32. The second-order valence-corrected chi connectivity index (χ2v) is 6.40. The highest BCUT2D eigenvalue weighted by Crippen LogP contribution is 2.26. The number of nitrogens with one attached hydrogen (secondary N) is 2. The molecule has 0 aliphatic rings. The number of rotatable bonds is 3. The van der Waals surface area contributed by atoms with Gasteiger partial charge in [-0.15, -0.1) is 11.3 Å². The van der Waals surface area contributed by atoms with Crippen LogP contribution >= 0.6 is 11.3 Å². The van der Waals surface area contributed by atoms with Gasteiger partial charge in [-0.05, 0) is 23.6 Å². The minimum atomic E-state index is -0.498. The van der Waals surface area contributed by atoms with Gasteiger partial charge in [0, 0.05) is 11.8 Å². The number of fused-ring (bicyclic) bond motifs is 1. The van der Waals surface area contributed by atoms with Crippen molar-refractivity contribution in [3.63, 3.8) is 0 Å². The number of thiophene rings is 1. The summed E-state index contributed by atoms with van der Waals surface area (Å²) >= 11 is 1.58. The lowest BCUT2D eigenvalue weighted by Gasteiger charge is -2.07. The number of hydrogen-bond donors (Lipinski definition) is 2. The van der Waals surface area contributed by atoms with E-state index in [9.17, 15) is 9.59 Å². The van der Waals surface area contributed by atoms with Crippen LogP contribution in [0.1, 0.15) is 11.1 Å². The van der Waals surface area contributed by atoms with Gasteiger partial charge >= 0.3 is 0 Å². The molecule has 0 aliphatic heterocycles. The minimum absolute atomic E-state index is 0.0788. The molecule has 7 nitrogen and oxygen atoms in total. The van der Waals surface area contributed by atoms with Crippen LogP contribution in [-0.2, 0) is 6.54 Å². The quantitative estimate of drug-likeness (QED) is 0.590. The van der Waals surface area contributed by atoms with Crippen molar-refractivity contribution in [2.24, 2.45) is 0 Å². The van der Waals surface area contributed by atoms with Gasteiger partial charge in [0.2, 0.25) is 0 Å². The van der Waals surface area contributed by atoms with Crippen molar-refractivity contribution in [2.75, 3.05) is 0 Å². The molecule has 25 heavy (non-hydrogen) atoms. The van der Waals surface area contributed by atoms with E-state index in [0.29, 0.717) is 17.4 Å². The molecule has 8 heteroatoms. The Balaban J connectivity index is 1.82. The molecular formula is C17H11N5O2S. The molecule has 0 unspecified atom stereocenters. The van der Waals surface area contributed by atoms with Crippen molar-refractivity contribution < 1.29 is 0 Å². The van der Waals surface area contributed by atoms with E-state index < -0.39 is 5.56 Å². The Morgan fingerprint density at radius 1 is 1.32 bits per heavy atom. The molecule has 0 aliphatic carbocycles. The van der Waals surface area contributed by atoms with E-state index in [-0.39, 0.29) is 11.1 Å². The second-order valence-electron chi connectivity index (χ2n) is 5.45. The minimum Gasteiger partial charge on any atom is -0.321 e. The Bertz CT molecular complexity index is 1220. The zero-order valence-corrected chi connectivity index (χ0v) is 13.6. The molecule has 0 radical (unpaired) electrons. The summed E-state index contributed by atoms with van der Waals surface area (Å²) in [7, 11) is 0. The van der Waals surface area contributed by atoms with Crippen LogP contribution < -0.4 is 11.1 Å². The van der Waals surface area contributed by atoms with Crippen molar-refractivity contribution >= 4 is 22.2 Å². The Morgan fingerprint density at radius 2 is 2.20 bits per heavy atom. The summed E-state index contributed by atoms with van der Waals surface area (Å²) in [6.45, 7) is 0.333. The van der Waals surface area contributed by atoms with Gasteiger partial charge in [0.05, 0.1) is 34.2 Å². The predicted molar refractivity (Wildman–Crippen MR) is 94.5 cm³/mol. The maximum absolute atomic E-state index is 12.7. The summed E-state index contributed by atoms with van der Waals surface area (Å²) in [6.07, 6.45) is 3.32. The number of aromatic nitrogens is 4. The first-order valence-corrected chi connectivity index (χ1v) is 8.28. The van der Waals surface area contributed by atoms with E-state index in [1.807, 2.05) is 17.5 Å². The van der Waals surface area contributed by atoms with Crippen LogP contribution in [0.4, 0.5) is 0 Å². The van der Waals surface area contributed by atoms with Crippen molar-refractivity contribution in [1.82, 2.24) is 19.7 Å². The topological polar surface area (TPSA) is 107 Å². The van der Waals surface area contributed by atoms with Crippen LogP contribution in [-0.4, -0.2) is 19.7 Å². The number of H-pyrrole nitrogens is 2. The third-order valence-electron chi connectivity index (χ3n) is 3.93. The lowest BCUT2D eigenvalue weighted by molar-refractivity contribution is 0.769. The van der Waals surface area contributed by atoms with Crippen LogP contribution in [0.25, 0.3) is 21.5 Å². The van der Waals surface area contributed by atoms with Crippen LogP contribution in [0, 0.1) is 11.3 Å². The van der Waals surface area contributed by atoms with E-state index in [2.05, 4.69) is 15.2 Å². The zero-order valence-electron chi connectivity index (χ0n) is 12.8. The summed E-state index contributed by atoms with van der Waals surface area (Å²) in [6, 6.07) is 8.73. The van der Waals surface area contributed by atoms with Crippen LogP contribution in [0.2, 0.25) is 0 Å².